The number of carbonyl (C=O) groups is 18. The predicted molar refractivity (Wildman–Crippen MR) is 485 cm³/mol. The van der Waals surface area contributed by atoms with Crippen LogP contribution in [0, 0.1) is 34.5 Å². The number of benzene rings is 1. The Bertz CT molecular complexity index is 4190. The van der Waals surface area contributed by atoms with Crippen molar-refractivity contribution in [3.8, 4) is 0 Å². The minimum atomic E-state index is -1.81. The Morgan fingerprint density at radius 1 is 0.443 bits per heavy atom. The Kier molecular flexibility index (Phi) is 50.8. The van der Waals surface area contributed by atoms with Crippen LogP contribution in [0.5, 0.6) is 0 Å². The molecule has 3 rings (SSSR count). The van der Waals surface area contributed by atoms with E-state index in [0.29, 0.717) is 35.7 Å². The zero-order valence-electron chi connectivity index (χ0n) is 76.6. The fourth-order valence-electron chi connectivity index (χ4n) is 14.3. The van der Waals surface area contributed by atoms with Crippen molar-refractivity contribution in [2.24, 2.45) is 69.5 Å². The van der Waals surface area contributed by atoms with Crippen LogP contribution in [-0.4, -0.2) is 270 Å². The zero-order chi connectivity index (χ0) is 98.3. The molecule has 47 nitrogen and oxygen atoms in total. The Morgan fingerprint density at radius 3 is 1.27 bits per heavy atom. The molecule has 1 saturated heterocycles. The molecule has 1 aliphatic heterocycles. The van der Waals surface area contributed by atoms with Crippen molar-refractivity contribution in [2.45, 2.75) is 282 Å². The molecule has 0 unspecified atom stereocenters. The highest BCUT2D eigenvalue weighted by atomic mass is 16.3. The van der Waals surface area contributed by atoms with E-state index in [0.717, 1.165) is 0 Å². The molecule has 1 fully saturated rings. The number of likely N-dealkylation sites (tertiary alicyclic amines) is 1. The minimum absolute atomic E-state index is 0.00913. The number of aromatic amines is 1. The van der Waals surface area contributed by atoms with Crippen LogP contribution in [0.25, 0.3) is 10.9 Å². The van der Waals surface area contributed by atoms with Crippen molar-refractivity contribution in [3.63, 3.8) is 0 Å². The van der Waals surface area contributed by atoms with Crippen LogP contribution in [0.15, 0.2) is 30.5 Å². The van der Waals surface area contributed by atoms with Crippen molar-refractivity contribution < 1.29 is 91.4 Å². The number of amides is 18. The lowest BCUT2D eigenvalue weighted by atomic mass is 9.96. The number of aliphatic hydroxyl groups is 1. The van der Waals surface area contributed by atoms with E-state index >= 15 is 14.4 Å². The first-order valence-corrected chi connectivity index (χ1v) is 44.7. The van der Waals surface area contributed by atoms with Gasteiger partial charge in [0.15, 0.2) is 11.9 Å². The third kappa shape index (κ3) is 40.7. The molecule has 36 N–H and O–H groups in total. The summed E-state index contributed by atoms with van der Waals surface area (Å²) in [6.07, 6.45) is 1.34. The smallest absolute Gasteiger partial charge is 0.245 e. The summed E-state index contributed by atoms with van der Waals surface area (Å²) >= 11 is 0. The Hall–Kier alpha value is -12.4. The molecule has 734 valence electrons. The third-order valence-corrected chi connectivity index (χ3v) is 22.0. The summed E-state index contributed by atoms with van der Waals surface area (Å²) < 4.78 is 0. The van der Waals surface area contributed by atoms with Crippen molar-refractivity contribution in [3.05, 3.63) is 36.0 Å². The van der Waals surface area contributed by atoms with Gasteiger partial charge in [0.1, 0.15) is 84.6 Å². The monoisotopic (exact) mass is 1850 g/mol. The number of aliphatic hydroxyl groups excluding tert-OH is 1. The lowest BCUT2D eigenvalue weighted by Gasteiger charge is -2.31. The van der Waals surface area contributed by atoms with Gasteiger partial charge in [-0.1, -0.05) is 86.4 Å². The zero-order valence-corrected chi connectivity index (χ0v) is 76.6. The Balaban J connectivity index is 2.04. The number of nitrogens with one attached hydrogen (secondary N) is 19. The topological polar surface area (TPSA) is 795 Å². The molecule has 0 radical (unpaired) electrons. The molecule has 0 saturated carbocycles. The Labute approximate surface area is 762 Å². The van der Waals surface area contributed by atoms with E-state index in [1.54, 1.807) is 72.0 Å². The average Bonchev–Trinajstić information content (AvgIpc) is 1.62. The van der Waals surface area contributed by atoms with Gasteiger partial charge < -0.3 is 146 Å². The summed E-state index contributed by atoms with van der Waals surface area (Å²) in [7, 11) is 0. The molecular formula is C84H144N28O19. The number of hydrogen-bond donors (Lipinski definition) is 28. The number of fused-ring (bicyclic) bond motifs is 1. The number of nitrogens with two attached hydrogens (primary N) is 8. The molecule has 0 spiro atoms. The second kappa shape index (κ2) is 59.0. The molecule has 18 amide bonds. The number of aromatic nitrogens is 1. The normalized spacial score (nSPS) is 15.8. The standard InChI is InChI=1S/C84H144N28O19/c1-10-46(7)67(111-77(126)59(39-49-41-97-51-22-13-12-21-50(49)51)108-78(127)61(43-113)109-81(130)68(47(8)11-2)110-76(125)58(37-44(3)4)107-69(118)48(9)99-79(128)62-27-20-36-112(62)82(131)60(38-45(5)6)100-66(117)40-87)80(129)106-53(24-15-17-33-86)72(121)103-54(25-18-34-95-83(91)92)73(122)101-52(23-14-16-32-85)71(120)102-55(26-19-35-96-84(93)94)74(123)105-57(29-31-64(89)115)75(124)104-56(28-30-63(88)114)70(119)98-42-65(90)116/h12-13,21-22,41,44-48,52-62,67-68,97,113H,10-11,14-20,23-40,42-43,85-87H2,1-9H3,(H2,88,114)(H2,89,115)(H2,90,116)(H,98,119)(H,99,128)(H,100,117)(H,101,122)(H,102,120)(H,103,121)(H,104,124)(H,105,123)(H,106,129)(H,107,118)(H,108,127)(H,109,130)(H,110,125)(H,111,126)(H4,91,92,95)(H4,93,94,96)/t46-,47-,48-,52-,53-,54-,55-,56-,57-,58-,59-,60-,61-,62-,67-,68-/m0/s1. The quantitative estimate of drug-likeness (QED) is 0.0166. The van der Waals surface area contributed by atoms with Gasteiger partial charge >= 0.3 is 0 Å². The number of H-pyrrole nitrogens is 1. The molecule has 2 aromatic rings. The van der Waals surface area contributed by atoms with Crippen molar-refractivity contribution in [1.82, 2.24) is 95.0 Å². The summed E-state index contributed by atoms with van der Waals surface area (Å²) in [6.45, 7) is 13.8. The van der Waals surface area contributed by atoms with E-state index < -0.39 is 254 Å². The lowest BCUT2D eigenvalue weighted by molar-refractivity contribution is -0.142. The number of para-hydroxylation sites is 1. The first-order chi connectivity index (χ1) is 61.9. The second-order valence-corrected chi connectivity index (χ2v) is 33.8. The number of unbranched alkanes of at least 4 members (excludes halogenated alkanes) is 2. The fraction of sp³-hybridized carbons (Fsp3) is 0.667. The largest absolute Gasteiger partial charge is 0.394 e. The van der Waals surface area contributed by atoms with Crippen LogP contribution in [-0.2, 0) is 92.7 Å². The van der Waals surface area contributed by atoms with Crippen LogP contribution in [0.2, 0.25) is 0 Å². The van der Waals surface area contributed by atoms with Gasteiger partial charge in [-0.15, -0.1) is 0 Å². The van der Waals surface area contributed by atoms with Gasteiger partial charge in [0.2, 0.25) is 106 Å². The number of carbonyl (C=O) groups excluding carboxylic acids is 18. The summed E-state index contributed by atoms with van der Waals surface area (Å²) in [4.78, 5) is 255. The first kappa shape index (κ1) is 113. The number of rotatable bonds is 63. The first-order valence-electron chi connectivity index (χ1n) is 44.7. The van der Waals surface area contributed by atoms with Crippen LogP contribution in [0.4, 0.5) is 0 Å². The highest BCUT2D eigenvalue weighted by Crippen LogP contribution is 2.24. The molecule has 1 aromatic carbocycles. The van der Waals surface area contributed by atoms with E-state index in [2.05, 4.69) is 90.1 Å². The van der Waals surface area contributed by atoms with Gasteiger partial charge in [-0.2, -0.15) is 0 Å². The highest BCUT2D eigenvalue weighted by Gasteiger charge is 2.42. The van der Waals surface area contributed by atoms with E-state index in [1.165, 1.54) is 11.8 Å². The van der Waals surface area contributed by atoms with Crippen LogP contribution >= 0.6 is 0 Å². The van der Waals surface area contributed by atoms with Gasteiger partial charge in [-0.05, 0) is 158 Å². The summed E-state index contributed by atoms with van der Waals surface area (Å²) in [5, 5.41) is 68.7. The van der Waals surface area contributed by atoms with E-state index in [4.69, 9.17) is 56.7 Å². The van der Waals surface area contributed by atoms with Gasteiger partial charge in [0.05, 0.1) is 19.7 Å². The fourth-order valence-corrected chi connectivity index (χ4v) is 14.3. The summed E-state index contributed by atoms with van der Waals surface area (Å²) in [6, 6.07) is -13.2. The number of hydrogen-bond acceptors (Lipinski definition) is 24. The summed E-state index contributed by atoms with van der Waals surface area (Å²) in [5.41, 5.74) is 45.6. The molecule has 0 bridgehead atoms. The second-order valence-electron chi connectivity index (χ2n) is 33.8. The lowest BCUT2D eigenvalue weighted by Crippen LogP contribution is -2.62. The van der Waals surface area contributed by atoms with Gasteiger partial charge in [-0.25, -0.2) is 0 Å². The van der Waals surface area contributed by atoms with E-state index in [-0.39, 0.29) is 141 Å². The van der Waals surface area contributed by atoms with E-state index in [1.807, 2.05) is 13.8 Å². The van der Waals surface area contributed by atoms with Crippen molar-refractivity contribution >= 4 is 129 Å². The molecule has 1 aromatic heterocycles. The molecule has 2 heterocycles. The highest BCUT2D eigenvalue weighted by molar-refractivity contribution is 6.02. The van der Waals surface area contributed by atoms with Crippen molar-refractivity contribution in [1.29, 1.82) is 10.8 Å². The maximum absolute atomic E-state index is 15.2. The van der Waals surface area contributed by atoms with Crippen LogP contribution < -0.4 is 131 Å². The molecule has 47 heteroatoms. The number of guanidine groups is 2. The number of nitrogens with zero attached hydrogens (tertiary/aromatic N) is 1. The maximum atomic E-state index is 15.2. The number of primary amides is 3. The molecule has 16 atom stereocenters. The third-order valence-electron chi connectivity index (χ3n) is 22.0. The maximum Gasteiger partial charge on any atom is 0.245 e. The van der Waals surface area contributed by atoms with Gasteiger partial charge in [0, 0.05) is 56.0 Å². The van der Waals surface area contributed by atoms with E-state index in [9.17, 15) is 77.0 Å². The minimum Gasteiger partial charge on any atom is -0.394 e. The SMILES string of the molecule is CC[C@H](C)[C@H](NC(=O)[C@H](CC(C)C)NC(=O)[C@H](C)NC(=O)[C@@H]1CCCN1C(=O)[C@H](CC(C)C)NC(=O)CN)C(=O)N[C@@H](CO)C(=O)N[C@@H](Cc1c[nH]c2ccccc12)C(=O)N[C@H](C(=O)N[C@@H](CCCCN)C(=O)N[C@@H](CCCNC(=N)N)C(=O)N[C@@H](CCCCN)C(=O)N[C@@H](CCCNC(=N)N)C(=O)N[C@@H](CCC(N)=O)C(=O)N[C@@H](CCC(N)=O)C(=O)NCC(N)=O)[C@@H](C)CC. The summed E-state index contributed by atoms with van der Waals surface area (Å²) in [5.74, 6) is -18.5. The molecular weight excluding hydrogens is 1710 g/mol. The molecule has 0 aliphatic carbocycles. The van der Waals surface area contributed by atoms with Crippen LogP contribution in [0.3, 0.4) is 0 Å². The molecule has 1 aliphatic rings. The Morgan fingerprint density at radius 2 is 0.840 bits per heavy atom. The van der Waals surface area contributed by atoms with Crippen molar-refractivity contribution in [2.75, 3.05) is 52.4 Å². The molecule has 131 heavy (non-hydrogen) atoms. The van der Waals surface area contributed by atoms with Gasteiger partial charge in [-0.3, -0.25) is 97.1 Å². The predicted octanol–water partition coefficient (Wildman–Crippen LogP) is -6.92. The van der Waals surface area contributed by atoms with Crippen LogP contribution in [0.1, 0.15) is 196 Å². The average molecular weight is 1850 g/mol. The van der Waals surface area contributed by atoms with Gasteiger partial charge in [0.25, 0.3) is 0 Å².